The molecule has 0 radical (unpaired) electrons. The van der Waals surface area contributed by atoms with E-state index in [4.69, 9.17) is 0 Å². The number of imidazole rings is 1. The largest absolute Gasteiger partial charge is 0.330 e. The van der Waals surface area contributed by atoms with Gasteiger partial charge in [-0.1, -0.05) is 20.8 Å². The Morgan fingerprint density at radius 3 is 2.88 bits per heavy atom. The summed E-state index contributed by atoms with van der Waals surface area (Å²) in [5.41, 5.74) is 1.33. The van der Waals surface area contributed by atoms with Crippen LogP contribution in [0.2, 0.25) is 0 Å². The van der Waals surface area contributed by atoms with Crippen molar-refractivity contribution in [1.29, 1.82) is 0 Å². The van der Waals surface area contributed by atoms with Crippen LogP contribution in [0.5, 0.6) is 0 Å². The number of nitrogens with zero attached hydrogens (tertiary/aromatic N) is 2. The summed E-state index contributed by atoms with van der Waals surface area (Å²) in [5, 5.41) is 3.38. The standard InChI is InChI=1S/C13H23N3/c1-4-14-7-12-8-15-9-16(12)13-6-5-10(2)11(13)3/h8-11,13-14H,4-7H2,1-3H3. The van der Waals surface area contributed by atoms with Crippen LogP contribution in [-0.4, -0.2) is 16.1 Å². The van der Waals surface area contributed by atoms with Crippen LogP contribution in [0.4, 0.5) is 0 Å². The Bertz CT molecular complexity index is 332. The van der Waals surface area contributed by atoms with Gasteiger partial charge in [0.15, 0.2) is 0 Å². The maximum Gasteiger partial charge on any atom is 0.0951 e. The molecule has 1 aliphatic rings. The molecule has 3 atom stereocenters. The van der Waals surface area contributed by atoms with Crippen LogP contribution in [-0.2, 0) is 6.54 Å². The van der Waals surface area contributed by atoms with Gasteiger partial charge in [-0.2, -0.15) is 0 Å². The average Bonchev–Trinajstić information content (AvgIpc) is 2.85. The van der Waals surface area contributed by atoms with E-state index in [2.05, 4.69) is 35.6 Å². The van der Waals surface area contributed by atoms with Crippen LogP contribution in [0.15, 0.2) is 12.5 Å². The van der Waals surface area contributed by atoms with E-state index in [-0.39, 0.29) is 0 Å². The highest BCUT2D eigenvalue weighted by atomic mass is 15.1. The zero-order valence-corrected chi connectivity index (χ0v) is 10.6. The summed E-state index contributed by atoms with van der Waals surface area (Å²) in [6.07, 6.45) is 6.66. The van der Waals surface area contributed by atoms with Crippen molar-refractivity contribution in [3.63, 3.8) is 0 Å². The molecule has 1 aromatic rings. The van der Waals surface area contributed by atoms with Gasteiger partial charge in [0.05, 0.1) is 12.0 Å². The van der Waals surface area contributed by atoms with Crippen LogP contribution < -0.4 is 5.32 Å². The lowest BCUT2D eigenvalue weighted by Crippen LogP contribution is -2.20. The summed E-state index contributed by atoms with van der Waals surface area (Å²) >= 11 is 0. The molecule has 3 heteroatoms. The predicted octanol–water partition coefficient (Wildman–Crippen LogP) is 2.60. The zero-order valence-electron chi connectivity index (χ0n) is 10.6. The van der Waals surface area contributed by atoms with Gasteiger partial charge in [0.1, 0.15) is 0 Å². The van der Waals surface area contributed by atoms with E-state index >= 15 is 0 Å². The molecule has 2 rings (SSSR count). The van der Waals surface area contributed by atoms with E-state index < -0.39 is 0 Å². The topological polar surface area (TPSA) is 29.9 Å². The monoisotopic (exact) mass is 221 g/mol. The van der Waals surface area contributed by atoms with E-state index in [1.165, 1.54) is 18.5 Å². The predicted molar refractivity (Wildman–Crippen MR) is 66.2 cm³/mol. The molecule has 0 bridgehead atoms. The van der Waals surface area contributed by atoms with Gasteiger partial charge in [0, 0.05) is 18.8 Å². The third-order valence-electron chi connectivity index (χ3n) is 4.08. The molecule has 3 unspecified atom stereocenters. The molecule has 0 spiro atoms. The van der Waals surface area contributed by atoms with Gasteiger partial charge >= 0.3 is 0 Å². The van der Waals surface area contributed by atoms with Crippen molar-refractivity contribution in [3.05, 3.63) is 18.2 Å². The third-order valence-corrected chi connectivity index (χ3v) is 4.08. The van der Waals surface area contributed by atoms with E-state index in [0.717, 1.165) is 24.9 Å². The summed E-state index contributed by atoms with van der Waals surface area (Å²) in [7, 11) is 0. The van der Waals surface area contributed by atoms with Crippen LogP contribution in [0.25, 0.3) is 0 Å². The molecule has 1 heterocycles. The number of rotatable bonds is 4. The maximum atomic E-state index is 4.30. The van der Waals surface area contributed by atoms with Crippen molar-refractivity contribution in [3.8, 4) is 0 Å². The van der Waals surface area contributed by atoms with Gasteiger partial charge in [0.2, 0.25) is 0 Å². The van der Waals surface area contributed by atoms with Gasteiger partial charge in [0.25, 0.3) is 0 Å². The van der Waals surface area contributed by atoms with Crippen molar-refractivity contribution < 1.29 is 0 Å². The Labute approximate surface area is 98.3 Å². The second-order valence-corrected chi connectivity index (χ2v) is 5.05. The quantitative estimate of drug-likeness (QED) is 0.847. The lowest BCUT2D eigenvalue weighted by atomic mass is 9.97. The Balaban J connectivity index is 2.11. The molecule has 0 aliphatic heterocycles. The molecule has 0 amide bonds. The second kappa shape index (κ2) is 5.00. The van der Waals surface area contributed by atoms with Gasteiger partial charge in [-0.15, -0.1) is 0 Å². The molecule has 90 valence electrons. The van der Waals surface area contributed by atoms with E-state index in [9.17, 15) is 0 Å². The average molecular weight is 221 g/mol. The zero-order chi connectivity index (χ0) is 11.5. The first-order valence-corrected chi connectivity index (χ1v) is 6.45. The SMILES string of the molecule is CCNCc1cncn1C1CCC(C)C1C. The van der Waals surface area contributed by atoms with E-state index in [1.54, 1.807) is 0 Å². The van der Waals surface area contributed by atoms with Crippen LogP contribution in [0, 0.1) is 11.8 Å². The first-order valence-electron chi connectivity index (χ1n) is 6.45. The van der Waals surface area contributed by atoms with Crippen LogP contribution in [0.1, 0.15) is 45.3 Å². The first-order chi connectivity index (χ1) is 7.74. The molecule has 16 heavy (non-hydrogen) atoms. The number of hydrogen-bond acceptors (Lipinski definition) is 2. The molecule has 1 saturated carbocycles. The highest BCUT2D eigenvalue weighted by Gasteiger charge is 2.31. The van der Waals surface area contributed by atoms with Crippen molar-refractivity contribution in [2.45, 2.75) is 46.2 Å². The summed E-state index contributed by atoms with van der Waals surface area (Å²) in [6, 6.07) is 0.658. The van der Waals surface area contributed by atoms with Crippen molar-refractivity contribution >= 4 is 0 Å². The summed E-state index contributed by atoms with van der Waals surface area (Å²) in [4.78, 5) is 4.30. The molecule has 3 nitrogen and oxygen atoms in total. The normalized spacial score (nSPS) is 29.8. The fraction of sp³-hybridized carbons (Fsp3) is 0.769. The number of hydrogen-bond donors (Lipinski definition) is 1. The minimum atomic E-state index is 0.658. The molecule has 0 saturated heterocycles. The van der Waals surface area contributed by atoms with Gasteiger partial charge in [-0.3, -0.25) is 0 Å². The molecular formula is C13H23N3. The van der Waals surface area contributed by atoms with E-state index in [1.807, 2.05) is 12.5 Å². The summed E-state index contributed by atoms with van der Waals surface area (Å²) in [6.45, 7) is 8.84. The molecule has 1 fully saturated rings. The van der Waals surface area contributed by atoms with Crippen molar-refractivity contribution in [2.75, 3.05) is 6.54 Å². The fourth-order valence-electron chi connectivity index (χ4n) is 2.75. The highest BCUT2D eigenvalue weighted by molar-refractivity contribution is 5.02. The highest BCUT2D eigenvalue weighted by Crippen LogP contribution is 2.40. The second-order valence-electron chi connectivity index (χ2n) is 5.05. The van der Waals surface area contributed by atoms with Crippen molar-refractivity contribution in [1.82, 2.24) is 14.9 Å². The molecule has 0 aromatic carbocycles. The Kier molecular flexibility index (Phi) is 3.64. The molecular weight excluding hydrogens is 198 g/mol. The van der Waals surface area contributed by atoms with E-state index in [0.29, 0.717) is 6.04 Å². The Morgan fingerprint density at radius 1 is 1.44 bits per heavy atom. The third kappa shape index (κ3) is 2.14. The summed E-state index contributed by atoms with van der Waals surface area (Å²) < 4.78 is 2.39. The maximum absolute atomic E-state index is 4.30. The minimum absolute atomic E-state index is 0.658. The Hall–Kier alpha value is -0.830. The minimum Gasteiger partial charge on any atom is -0.330 e. The van der Waals surface area contributed by atoms with Gasteiger partial charge < -0.3 is 9.88 Å². The number of nitrogens with one attached hydrogen (secondary N) is 1. The van der Waals surface area contributed by atoms with Crippen LogP contribution >= 0.6 is 0 Å². The fourth-order valence-corrected chi connectivity index (χ4v) is 2.75. The molecule has 1 aliphatic carbocycles. The number of aromatic nitrogens is 2. The van der Waals surface area contributed by atoms with Crippen LogP contribution in [0.3, 0.4) is 0 Å². The lowest BCUT2D eigenvalue weighted by molar-refractivity contribution is 0.345. The molecule has 1 aromatic heterocycles. The van der Waals surface area contributed by atoms with Crippen molar-refractivity contribution in [2.24, 2.45) is 11.8 Å². The summed E-state index contributed by atoms with van der Waals surface area (Å²) in [5.74, 6) is 1.62. The Morgan fingerprint density at radius 2 is 2.25 bits per heavy atom. The first kappa shape index (κ1) is 11.6. The van der Waals surface area contributed by atoms with Gasteiger partial charge in [-0.25, -0.2) is 4.98 Å². The smallest absolute Gasteiger partial charge is 0.0951 e. The molecule has 1 N–H and O–H groups in total. The van der Waals surface area contributed by atoms with Gasteiger partial charge in [-0.05, 0) is 31.2 Å². The lowest BCUT2D eigenvalue weighted by Gasteiger charge is -2.22.